The molecule has 0 unspecified atom stereocenters. The second kappa shape index (κ2) is 7.00. The third-order valence-electron chi connectivity index (χ3n) is 3.30. The first kappa shape index (κ1) is 14.5. The van der Waals surface area contributed by atoms with Crippen molar-refractivity contribution in [3.05, 3.63) is 77.4 Å². The van der Waals surface area contributed by atoms with Gasteiger partial charge < -0.3 is 5.32 Å². The van der Waals surface area contributed by atoms with E-state index in [2.05, 4.69) is 16.4 Å². The van der Waals surface area contributed by atoms with E-state index in [-0.39, 0.29) is 5.91 Å². The number of rotatable bonds is 5. The summed E-state index contributed by atoms with van der Waals surface area (Å²) >= 11 is 1.68. The van der Waals surface area contributed by atoms with Crippen LogP contribution < -0.4 is 5.32 Å². The molecular formula is C18H16N2OS. The Labute approximate surface area is 133 Å². The summed E-state index contributed by atoms with van der Waals surface area (Å²) in [5.74, 6) is -0.0137. The predicted molar refractivity (Wildman–Crippen MR) is 89.5 cm³/mol. The van der Waals surface area contributed by atoms with Gasteiger partial charge in [-0.15, -0.1) is 11.3 Å². The molecule has 1 aromatic carbocycles. The summed E-state index contributed by atoms with van der Waals surface area (Å²) in [6.07, 6.45) is 2.13. The Bertz CT molecular complexity index is 722. The highest BCUT2D eigenvalue weighted by Crippen LogP contribution is 2.23. The number of carbonyl (C=O) groups is 1. The standard InChI is InChI=1S/C18H16N2OS/c21-18(20-12-14-5-2-1-3-6-14)11-16-9-8-15(13-19-16)17-7-4-10-22-17/h1-10,13H,11-12H2,(H,20,21). The summed E-state index contributed by atoms with van der Waals surface area (Å²) in [6, 6.07) is 17.9. The highest BCUT2D eigenvalue weighted by atomic mass is 32.1. The molecule has 0 spiro atoms. The molecule has 3 nitrogen and oxygen atoms in total. The van der Waals surface area contributed by atoms with Crippen LogP contribution in [-0.2, 0) is 17.8 Å². The molecule has 22 heavy (non-hydrogen) atoms. The van der Waals surface area contributed by atoms with Gasteiger partial charge in [-0.1, -0.05) is 42.5 Å². The lowest BCUT2D eigenvalue weighted by molar-refractivity contribution is -0.120. The van der Waals surface area contributed by atoms with E-state index in [9.17, 15) is 4.79 Å². The van der Waals surface area contributed by atoms with Crippen molar-refractivity contribution < 1.29 is 4.79 Å². The van der Waals surface area contributed by atoms with Crippen LogP contribution in [0.1, 0.15) is 11.3 Å². The van der Waals surface area contributed by atoms with Gasteiger partial charge in [0.2, 0.25) is 5.91 Å². The van der Waals surface area contributed by atoms with Gasteiger partial charge in [0.1, 0.15) is 0 Å². The number of amides is 1. The normalized spacial score (nSPS) is 10.4. The number of carbonyl (C=O) groups excluding carboxylic acids is 1. The van der Waals surface area contributed by atoms with E-state index >= 15 is 0 Å². The minimum Gasteiger partial charge on any atom is -0.352 e. The Morgan fingerprint density at radius 1 is 1.05 bits per heavy atom. The first-order chi connectivity index (χ1) is 10.8. The number of pyridine rings is 1. The maximum Gasteiger partial charge on any atom is 0.226 e. The molecule has 0 bridgehead atoms. The van der Waals surface area contributed by atoms with Gasteiger partial charge in [0.05, 0.1) is 6.42 Å². The number of nitrogens with zero attached hydrogens (tertiary/aromatic N) is 1. The second-order valence-corrected chi connectivity index (χ2v) is 5.90. The summed E-state index contributed by atoms with van der Waals surface area (Å²) in [6.45, 7) is 0.549. The van der Waals surface area contributed by atoms with Gasteiger partial charge in [0.15, 0.2) is 0 Å². The monoisotopic (exact) mass is 308 g/mol. The number of nitrogens with one attached hydrogen (secondary N) is 1. The minimum atomic E-state index is -0.0137. The smallest absolute Gasteiger partial charge is 0.226 e. The fourth-order valence-electron chi connectivity index (χ4n) is 2.14. The average molecular weight is 308 g/mol. The molecule has 0 aliphatic heterocycles. The largest absolute Gasteiger partial charge is 0.352 e. The van der Waals surface area contributed by atoms with Crippen LogP contribution in [0.25, 0.3) is 10.4 Å². The summed E-state index contributed by atoms with van der Waals surface area (Å²) in [5.41, 5.74) is 2.96. The lowest BCUT2D eigenvalue weighted by atomic mass is 10.2. The average Bonchev–Trinajstić information content (AvgIpc) is 3.09. The SMILES string of the molecule is O=C(Cc1ccc(-c2cccs2)cn1)NCc1ccccc1. The quantitative estimate of drug-likeness (QED) is 0.781. The Hall–Kier alpha value is -2.46. The second-order valence-electron chi connectivity index (χ2n) is 4.95. The molecule has 0 atom stereocenters. The lowest BCUT2D eigenvalue weighted by Gasteiger charge is -2.05. The zero-order valence-corrected chi connectivity index (χ0v) is 12.8. The van der Waals surface area contributed by atoms with E-state index in [0.29, 0.717) is 13.0 Å². The van der Waals surface area contributed by atoms with E-state index < -0.39 is 0 Å². The molecule has 4 heteroatoms. The van der Waals surface area contributed by atoms with E-state index in [4.69, 9.17) is 0 Å². The molecule has 2 aromatic heterocycles. The molecule has 0 aliphatic rings. The maximum absolute atomic E-state index is 12.0. The van der Waals surface area contributed by atoms with Gasteiger partial charge in [-0.25, -0.2) is 0 Å². The molecule has 3 aromatic rings. The summed E-state index contributed by atoms with van der Waals surface area (Å²) < 4.78 is 0. The number of benzene rings is 1. The Morgan fingerprint density at radius 3 is 2.59 bits per heavy atom. The number of hydrogen-bond donors (Lipinski definition) is 1. The fraction of sp³-hybridized carbons (Fsp3) is 0.111. The number of hydrogen-bond acceptors (Lipinski definition) is 3. The fourth-order valence-corrected chi connectivity index (χ4v) is 2.86. The zero-order valence-electron chi connectivity index (χ0n) is 12.0. The van der Waals surface area contributed by atoms with Gasteiger partial charge in [0, 0.05) is 28.9 Å². The molecule has 1 N–H and O–H groups in total. The number of aromatic nitrogens is 1. The van der Waals surface area contributed by atoms with Crippen LogP contribution >= 0.6 is 11.3 Å². The first-order valence-corrected chi connectivity index (χ1v) is 7.99. The van der Waals surface area contributed by atoms with Gasteiger partial charge in [0.25, 0.3) is 0 Å². The molecule has 0 saturated carbocycles. The van der Waals surface area contributed by atoms with Crippen molar-refractivity contribution >= 4 is 17.2 Å². The van der Waals surface area contributed by atoms with Gasteiger partial charge in [-0.3, -0.25) is 9.78 Å². The Morgan fingerprint density at radius 2 is 1.91 bits per heavy atom. The van der Waals surface area contributed by atoms with Crippen molar-refractivity contribution in [2.45, 2.75) is 13.0 Å². The molecule has 0 radical (unpaired) electrons. The van der Waals surface area contributed by atoms with E-state index in [0.717, 1.165) is 16.8 Å². The van der Waals surface area contributed by atoms with Crippen molar-refractivity contribution in [3.8, 4) is 10.4 Å². The molecule has 0 aliphatic carbocycles. The van der Waals surface area contributed by atoms with Crippen molar-refractivity contribution in [2.24, 2.45) is 0 Å². The molecular weight excluding hydrogens is 292 g/mol. The molecule has 0 saturated heterocycles. The zero-order chi connectivity index (χ0) is 15.2. The molecule has 1 amide bonds. The minimum absolute atomic E-state index is 0.0137. The maximum atomic E-state index is 12.0. The van der Waals surface area contributed by atoms with Crippen LogP contribution in [0.2, 0.25) is 0 Å². The highest BCUT2D eigenvalue weighted by Gasteiger charge is 2.05. The summed E-state index contributed by atoms with van der Waals surface area (Å²) in [4.78, 5) is 17.5. The Kier molecular flexibility index (Phi) is 4.61. The van der Waals surface area contributed by atoms with Crippen LogP contribution in [0.15, 0.2) is 66.2 Å². The van der Waals surface area contributed by atoms with E-state index in [1.807, 2.05) is 60.1 Å². The summed E-state index contributed by atoms with van der Waals surface area (Å²) in [7, 11) is 0. The van der Waals surface area contributed by atoms with E-state index in [1.165, 1.54) is 4.88 Å². The van der Waals surface area contributed by atoms with Gasteiger partial charge in [-0.05, 0) is 23.1 Å². The van der Waals surface area contributed by atoms with Crippen LogP contribution in [-0.4, -0.2) is 10.9 Å². The lowest BCUT2D eigenvalue weighted by Crippen LogP contribution is -2.24. The van der Waals surface area contributed by atoms with Gasteiger partial charge >= 0.3 is 0 Å². The Balaban J connectivity index is 1.55. The molecule has 2 heterocycles. The first-order valence-electron chi connectivity index (χ1n) is 7.11. The molecule has 110 valence electrons. The molecule has 3 rings (SSSR count). The molecule has 0 fully saturated rings. The highest BCUT2D eigenvalue weighted by molar-refractivity contribution is 7.13. The van der Waals surface area contributed by atoms with E-state index in [1.54, 1.807) is 11.3 Å². The third kappa shape index (κ3) is 3.80. The predicted octanol–water partition coefficient (Wildman–Crippen LogP) is 3.67. The third-order valence-corrected chi connectivity index (χ3v) is 4.22. The van der Waals surface area contributed by atoms with Crippen LogP contribution in [0.3, 0.4) is 0 Å². The van der Waals surface area contributed by atoms with Crippen molar-refractivity contribution in [1.29, 1.82) is 0 Å². The van der Waals surface area contributed by atoms with Crippen LogP contribution in [0.5, 0.6) is 0 Å². The van der Waals surface area contributed by atoms with Crippen molar-refractivity contribution in [2.75, 3.05) is 0 Å². The summed E-state index contributed by atoms with van der Waals surface area (Å²) in [5, 5.41) is 4.95. The van der Waals surface area contributed by atoms with Gasteiger partial charge in [-0.2, -0.15) is 0 Å². The topological polar surface area (TPSA) is 42.0 Å². The van der Waals surface area contributed by atoms with Crippen molar-refractivity contribution in [1.82, 2.24) is 10.3 Å². The van der Waals surface area contributed by atoms with Crippen LogP contribution in [0.4, 0.5) is 0 Å². The number of thiophene rings is 1. The van der Waals surface area contributed by atoms with Crippen molar-refractivity contribution in [3.63, 3.8) is 0 Å². The van der Waals surface area contributed by atoms with Crippen LogP contribution in [0, 0.1) is 0 Å².